The molecule has 0 saturated heterocycles. The summed E-state index contributed by atoms with van der Waals surface area (Å²) in [6.45, 7) is 4.54. The number of nitrogens with zero attached hydrogens (tertiary/aromatic N) is 1. The van der Waals surface area contributed by atoms with E-state index >= 15 is 0 Å². The number of rotatable bonds is 0. The highest BCUT2D eigenvalue weighted by Gasteiger charge is 2.35. The summed E-state index contributed by atoms with van der Waals surface area (Å²) < 4.78 is 1.06. The average molecular weight is 321 g/mol. The first-order valence-electron chi connectivity index (χ1n) is 5.37. The van der Waals surface area contributed by atoms with Crippen molar-refractivity contribution in [2.24, 2.45) is 0 Å². The van der Waals surface area contributed by atoms with E-state index in [1.54, 1.807) is 0 Å². The molecule has 0 radical (unpaired) electrons. The zero-order valence-corrected chi connectivity index (χ0v) is 11.4. The fourth-order valence-corrected chi connectivity index (χ4v) is 2.95. The average Bonchev–Trinajstić information content (AvgIpc) is 2.49. The van der Waals surface area contributed by atoms with Crippen LogP contribution in [0.5, 0.6) is 0 Å². The van der Waals surface area contributed by atoms with Crippen LogP contribution in [-0.2, 0) is 5.41 Å². The number of aromatic nitrogens is 1. The Hall–Kier alpha value is -0.900. The molecule has 0 amide bonds. The third-order valence-corrected chi connectivity index (χ3v) is 3.99. The minimum Gasteiger partial charge on any atom is -0.242 e. The SMILES string of the molecule is CC1(C)c2ccccc2-c2nc(I)ccc21. The van der Waals surface area contributed by atoms with Crippen molar-refractivity contribution in [2.45, 2.75) is 19.3 Å². The molecule has 0 spiro atoms. The Morgan fingerprint density at radius 1 is 1.00 bits per heavy atom. The molecule has 1 aliphatic carbocycles. The van der Waals surface area contributed by atoms with Gasteiger partial charge < -0.3 is 0 Å². The van der Waals surface area contributed by atoms with Gasteiger partial charge in [0.25, 0.3) is 0 Å². The molecule has 1 aliphatic rings. The fraction of sp³-hybridized carbons (Fsp3) is 0.214. The Labute approximate surface area is 109 Å². The van der Waals surface area contributed by atoms with Gasteiger partial charge in [0.05, 0.1) is 5.69 Å². The third kappa shape index (κ3) is 1.25. The van der Waals surface area contributed by atoms with Gasteiger partial charge in [-0.3, -0.25) is 0 Å². The summed E-state index contributed by atoms with van der Waals surface area (Å²) in [4.78, 5) is 4.68. The van der Waals surface area contributed by atoms with Crippen LogP contribution in [0.2, 0.25) is 0 Å². The lowest BCUT2D eigenvalue weighted by Gasteiger charge is -2.20. The first-order chi connectivity index (χ1) is 7.60. The van der Waals surface area contributed by atoms with Crippen LogP contribution in [0, 0.1) is 3.70 Å². The van der Waals surface area contributed by atoms with Crippen LogP contribution in [0.25, 0.3) is 11.3 Å². The highest BCUT2D eigenvalue weighted by molar-refractivity contribution is 14.1. The number of hydrogen-bond acceptors (Lipinski definition) is 1. The van der Waals surface area contributed by atoms with Crippen molar-refractivity contribution in [3.63, 3.8) is 0 Å². The predicted octanol–water partition coefficient (Wildman–Crippen LogP) is 3.99. The smallest absolute Gasteiger partial charge is 0.102 e. The predicted molar refractivity (Wildman–Crippen MR) is 74.5 cm³/mol. The largest absolute Gasteiger partial charge is 0.242 e. The molecule has 0 saturated carbocycles. The van der Waals surface area contributed by atoms with Gasteiger partial charge in [0.1, 0.15) is 3.70 Å². The van der Waals surface area contributed by atoms with Crippen molar-refractivity contribution in [2.75, 3.05) is 0 Å². The van der Waals surface area contributed by atoms with E-state index in [1.165, 1.54) is 16.7 Å². The number of halogens is 1. The first-order valence-corrected chi connectivity index (χ1v) is 6.45. The minimum atomic E-state index is 0.0866. The summed E-state index contributed by atoms with van der Waals surface area (Å²) in [7, 11) is 0. The Balaban J connectivity index is 2.40. The minimum absolute atomic E-state index is 0.0866. The second-order valence-corrected chi connectivity index (χ2v) is 5.81. The molecule has 16 heavy (non-hydrogen) atoms. The highest BCUT2D eigenvalue weighted by Crippen LogP contribution is 2.47. The van der Waals surface area contributed by atoms with Crippen LogP contribution in [0.1, 0.15) is 25.0 Å². The molecule has 0 atom stereocenters. The van der Waals surface area contributed by atoms with E-state index in [0.29, 0.717) is 0 Å². The van der Waals surface area contributed by atoms with Crippen molar-refractivity contribution in [3.8, 4) is 11.3 Å². The number of fused-ring (bicyclic) bond motifs is 3. The van der Waals surface area contributed by atoms with Gasteiger partial charge in [0, 0.05) is 11.0 Å². The van der Waals surface area contributed by atoms with Crippen LogP contribution >= 0.6 is 22.6 Å². The number of pyridine rings is 1. The normalized spacial score (nSPS) is 15.7. The van der Waals surface area contributed by atoms with Crippen LogP contribution in [-0.4, -0.2) is 4.98 Å². The summed E-state index contributed by atoms with van der Waals surface area (Å²) in [6, 6.07) is 12.9. The molecule has 0 bridgehead atoms. The van der Waals surface area contributed by atoms with E-state index in [4.69, 9.17) is 0 Å². The molecule has 2 aromatic rings. The van der Waals surface area contributed by atoms with Crippen molar-refractivity contribution in [3.05, 3.63) is 51.2 Å². The van der Waals surface area contributed by atoms with E-state index in [0.717, 1.165) is 9.39 Å². The molecule has 1 nitrogen and oxygen atoms in total. The van der Waals surface area contributed by atoms with Gasteiger partial charge in [-0.2, -0.15) is 0 Å². The Kier molecular flexibility index (Phi) is 2.11. The van der Waals surface area contributed by atoms with Crippen LogP contribution in [0.15, 0.2) is 36.4 Å². The van der Waals surface area contributed by atoms with Crippen molar-refractivity contribution in [1.29, 1.82) is 0 Å². The zero-order chi connectivity index (χ0) is 11.3. The number of hydrogen-bond donors (Lipinski definition) is 0. The maximum absolute atomic E-state index is 4.68. The van der Waals surface area contributed by atoms with Crippen LogP contribution in [0.4, 0.5) is 0 Å². The monoisotopic (exact) mass is 321 g/mol. The quantitative estimate of drug-likeness (QED) is 0.528. The summed E-state index contributed by atoms with van der Waals surface area (Å²) in [5.41, 5.74) is 5.27. The molecule has 3 rings (SSSR count). The molecule has 1 aromatic heterocycles. The maximum Gasteiger partial charge on any atom is 0.102 e. The van der Waals surface area contributed by atoms with Gasteiger partial charge in [-0.25, -0.2) is 4.98 Å². The van der Waals surface area contributed by atoms with Gasteiger partial charge in [-0.15, -0.1) is 0 Å². The van der Waals surface area contributed by atoms with Crippen molar-refractivity contribution in [1.82, 2.24) is 4.98 Å². The highest BCUT2D eigenvalue weighted by atomic mass is 127. The standard InChI is InChI=1S/C14H12IN/c1-14(2)10-6-4-3-5-9(10)13-11(14)7-8-12(15)16-13/h3-8H,1-2H3. The molecule has 1 heterocycles. The second-order valence-electron chi connectivity index (χ2n) is 4.70. The molecule has 0 fully saturated rings. The zero-order valence-electron chi connectivity index (χ0n) is 9.29. The van der Waals surface area contributed by atoms with E-state index in [-0.39, 0.29) is 5.41 Å². The molecular weight excluding hydrogens is 309 g/mol. The van der Waals surface area contributed by atoms with Crippen molar-refractivity contribution < 1.29 is 0 Å². The number of benzene rings is 1. The van der Waals surface area contributed by atoms with Crippen LogP contribution < -0.4 is 0 Å². The van der Waals surface area contributed by atoms with Gasteiger partial charge in [0.15, 0.2) is 0 Å². The Morgan fingerprint density at radius 3 is 2.56 bits per heavy atom. The Morgan fingerprint density at radius 2 is 1.75 bits per heavy atom. The Bertz CT molecular complexity index is 573. The van der Waals surface area contributed by atoms with Gasteiger partial charge in [-0.05, 0) is 39.8 Å². The lowest BCUT2D eigenvalue weighted by Crippen LogP contribution is -2.14. The first kappa shape index (κ1) is 10.3. The molecular formula is C14H12IN. The molecule has 80 valence electrons. The topological polar surface area (TPSA) is 12.9 Å². The van der Waals surface area contributed by atoms with Gasteiger partial charge in [-0.1, -0.05) is 44.2 Å². The van der Waals surface area contributed by atoms with Gasteiger partial charge in [0.2, 0.25) is 0 Å². The van der Waals surface area contributed by atoms with E-state index < -0.39 is 0 Å². The molecule has 0 N–H and O–H groups in total. The summed E-state index contributed by atoms with van der Waals surface area (Å²) >= 11 is 2.27. The van der Waals surface area contributed by atoms with E-state index in [1.807, 2.05) is 0 Å². The lowest BCUT2D eigenvalue weighted by atomic mass is 9.83. The molecule has 1 aromatic carbocycles. The van der Waals surface area contributed by atoms with E-state index in [9.17, 15) is 0 Å². The van der Waals surface area contributed by atoms with Crippen LogP contribution in [0.3, 0.4) is 0 Å². The third-order valence-electron chi connectivity index (χ3n) is 3.39. The maximum atomic E-state index is 4.68. The summed E-state index contributed by atoms with van der Waals surface area (Å²) in [6.07, 6.45) is 0. The second kappa shape index (κ2) is 3.29. The van der Waals surface area contributed by atoms with Crippen molar-refractivity contribution >= 4 is 22.6 Å². The van der Waals surface area contributed by atoms with Gasteiger partial charge >= 0.3 is 0 Å². The molecule has 2 heteroatoms. The fourth-order valence-electron chi connectivity index (χ4n) is 2.52. The lowest BCUT2D eigenvalue weighted by molar-refractivity contribution is 0.658. The van der Waals surface area contributed by atoms with E-state index in [2.05, 4.69) is 77.8 Å². The summed E-state index contributed by atoms with van der Waals surface area (Å²) in [5.74, 6) is 0. The summed E-state index contributed by atoms with van der Waals surface area (Å²) in [5, 5.41) is 0. The molecule has 0 aliphatic heterocycles. The molecule has 0 unspecified atom stereocenters.